The number of hydrogen-bond donors (Lipinski definition) is 1. The molecule has 1 aromatic heterocycles. The van der Waals surface area contributed by atoms with Gasteiger partial charge >= 0.3 is 0 Å². The minimum atomic E-state index is -0.257. The molecule has 2 N–H and O–H groups in total. The summed E-state index contributed by atoms with van der Waals surface area (Å²) in [5.74, 6) is 0.333. The van der Waals surface area contributed by atoms with E-state index in [2.05, 4.69) is 4.98 Å². The zero-order chi connectivity index (χ0) is 13.1. The van der Waals surface area contributed by atoms with Gasteiger partial charge in [-0.05, 0) is 29.8 Å². The molecule has 0 aliphatic rings. The summed E-state index contributed by atoms with van der Waals surface area (Å²) < 4.78 is 13.1. The summed E-state index contributed by atoms with van der Waals surface area (Å²) in [7, 11) is 1.83. The van der Waals surface area contributed by atoms with Crippen LogP contribution < -0.4 is 10.6 Å². The number of aromatic nitrogens is 1. The number of nitrogens with two attached hydrogens (primary N) is 1. The Kier molecular flexibility index (Phi) is 3.67. The first-order valence-electron chi connectivity index (χ1n) is 5.44. The average molecular weight is 266 g/mol. The third-order valence-corrected chi connectivity index (χ3v) is 2.75. The summed E-state index contributed by atoms with van der Waals surface area (Å²) in [5.41, 5.74) is 7.22. The molecule has 0 fully saturated rings. The minimum absolute atomic E-state index is 0.257. The van der Waals surface area contributed by atoms with E-state index in [4.69, 9.17) is 17.3 Å². The smallest absolute Gasteiger partial charge is 0.153 e. The molecule has 0 spiro atoms. The van der Waals surface area contributed by atoms with E-state index >= 15 is 0 Å². The van der Waals surface area contributed by atoms with E-state index in [1.54, 1.807) is 18.2 Å². The molecule has 0 amide bonds. The standard InChI is InChI=1S/C13H13ClFN3/c1-18(8-9-3-2-4-10(15)7-9)13-11(16)5-6-12(14)17-13/h2-7H,8,16H2,1H3. The summed E-state index contributed by atoms with van der Waals surface area (Å²) in [5, 5.41) is 0.380. The Bertz CT molecular complexity index is 560. The van der Waals surface area contributed by atoms with Gasteiger partial charge in [-0.3, -0.25) is 0 Å². The molecule has 2 aromatic rings. The van der Waals surface area contributed by atoms with E-state index < -0.39 is 0 Å². The van der Waals surface area contributed by atoms with Crippen LogP contribution in [0.5, 0.6) is 0 Å². The maximum absolute atomic E-state index is 13.1. The van der Waals surface area contributed by atoms with Crippen molar-refractivity contribution in [2.45, 2.75) is 6.54 Å². The van der Waals surface area contributed by atoms with Crippen LogP contribution >= 0.6 is 11.6 Å². The van der Waals surface area contributed by atoms with Gasteiger partial charge in [0.15, 0.2) is 5.82 Å². The summed E-state index contributed by atoms with van der Waals surface area (Å²) in [4.78, 5) is 5.99. The number of nitrogens with zero attached hydrogens (tertiary/aromatic N) is 2. The van der Waals surface area contributed by atoms with E-state index in [0.29, 0.717) is 23.2 Å². The van der Waals surface area contributed by atoms with Gasteiger partial charge in [0, 0.05) is 13.6 Å². The molecule has 1 heterocycles. The van der Waals surface area contributed by atoms with Crippen molar-refractivity contribution in [2.24, 2.45) is 0 Å². The second kappa shape index (κ2) is 5.23. The van der Waals surface area contributed by atoms with E-state index in [1.165, 1.54) is 12.1 Å². The molecule has 0 atom stereocenters. The summed E-state index contributed by atoms with van der Waals surface area (Å²) in [6.45, 7) is 0.509. The minimum Gasteiger partial charge on any atom is -0.396 e. The molecule has 94 valence electrons. The highest BCUT2D eigenvalue weighted by atomic mass is 35.5. The predicted octanol–water partition coefficient (Wildman–Crippen LogP) is 3.09. The molecule has 2 rings (SSSR count). The van der Waals surface area contributed by atoms with Gasteiger partial charge in [0.25, 0.3) is 0 Å². The van der Waals surface area contributed by atoms with Crippen LogP contribution in [0.3, 0.4) is 0 Å². The maximum atomic E-state index is 13.1. The van der Waals surface area contributed by atoms with Gasteiger partial charge in [-0.1, -0.05) is 23.7 Å². The highest BCUT2D eigenvalue weighted by Gasteiger charge is 2.08. The number of pyridine rings is 1. The van der Waals surface area contributed by atoms with Crippen LogP contribution in [0.25, 0.3) is 0 Å². The lowest BCUT2D eigenvalue weighted by Crippen LogP contribution is -2.19. The SMILES string of the molecule is CN(Cc1cccc(F)c1)c1nc(Cl)ccc1N. The number of halogens is 2. The van der Waals surface area contributed by atoms with Gasteiger partial charge in [-0.2, -0.15) is 0 Å². The lowest BCUT2D eigenvalue weighted by atomic mass is 10.2. The van der Waals surface area contributed by atoms with Crippen molar-refractivity contribution in [1.29, 1.82) is 0 Å². The molecule has 0 bridgehead atoms. The Balaban J connectivity index is 2.21. The molecule has 0 radical (unpaired) electrons. The number of anilines is 2. The van der Waals surface area contributed by atoms with Crippen molar-refractivity contribution in [3.63, 3.8) is 0 Å². The fourth-order valence-corrected chi connectivity index (χ4v) is 1.87. The average Bonchev–Trinajstić information content (AvgIpc) is 2.32. The van der Waals surface area contributed by atoms with Gasteiger partial charge in [0.05, 0.1) is 5.69 Å². The van der Waals surface area contributed by atoms with Gasteiger partial charge < -0.3 is 10.6 Å². The van der Waals surface area contributed by atoms with E-state index in [1.807, 2.05) is 18.0 Å². The molecule has 0 aliphatic heterocycles. The molecule has 0 saturated carbocycles. The van der Waals surface area contributed by atoms with Crippen molar-refractivity contribution < 1.29 is 4.39 Å². The molecular weight excluding hydrogens is 253 g/mol. The highest BCUT2D eigenvalue weighted by molar-refractivity contribution is 6.29. The van der Waals surface area contributed by atoms with Crippen molar-refractivity contribution >= 4 is 23.1 Å². The molecule has 1 aromatic carbocycles. The van der Waals surface area contributed by atoms with E-state index in [9.17, 15) is 4.39 Å². The molecule has 0 saturated heterocycles. The van der Waals surface area contributed by atoms with Crippen molar-refractivity contribution in [1.82, 2.24) is 4.98 Å². The van der Waals surface area contributed by atoms with Gasteiger partial charge in [-0.25, -0.2) is 9.37 Å². The maximum Gasteiger partial charge on any atom is 0.153 e. The third kappa shape index (κ3) is 2.90. The van der Waals surface area contributed by atoms with Crippen LogP contribution in [0.1, 0.15) is 5.56 Å². The molecule has 0 aliphatic carbocycles. The molecule has 5 heteroatoms. The van der Waals surface area contributed by atoms with Crippen LogP contribution in [0, 0.1) is 5.82 Å². The first-order valence-corrected chi connectivity index (χ1v) is 5.81. The Morgan fingerprint density at radius 3 is 2.83 bits per heavy atom. The fourth-order valence-electron chi connectivity index (χ4n) is 1.73. The molecule has 0 unspecified atom stereocenters. The first kappa shape index (κ1) is 12.6. The molecule has 18 heavy (non-hydrogen) atoms. The van der Waals surface area contributed by atoms with Gasteiger partial charge in [0.2, 0.25) is 0 Å². The number of rotatable bonds is 3. The fraction of sp³-hybridized carbons (Fsp3) is 0.154. The van der Waals surface area contributed by atoms with Gasteiger partial charge in [-0.15, -0.1) is 0 Å². The lowest BCUT2D eigenvalue weighted by Gasteiger charge is -2.20. The highest BCUT2D eigenvalue weighted by Crippen LogP contribution is 2.23. The zero-order valence-corrected chi connectivity index (χ0v) is 10.7. The second-order valence-electron chi connectivity index (χ2n) is 4.03. The predicted molar refractivity (Wildman–Crippen MR) is 72.2 cm³/mol. The van der Waals surface area contributed by atoms with E-state index in [-0.39, 0.29) is 5.82 Å². The van der Waals surface area contributed by atoms with Crippen molar-refractivity contribution in [2.75, 3.05) is 17.7 Å². The molecule has 3 nitrogen and oxygen atoms in total. The van der Waals surface area contributed by atoms with Crippen LogP contribution in [-0.4, -0.2) is 12.0 Å². The van der Waals surface area contributed by atoms with Crippen LogP contribution in [0.15, 0.2) is 36.4 Å². The topological polar surface area (TPSA) is 42.2 Å². The lowest BCUT2D eigenvalue weighted by molar-refractivity contribution is 0.625. The Morgan fingerprint density at radius 1 is 1.33 bits per heavy atom. The van der Waals surface area contributed by atoms with Crippen LogP contribution in [0.4, 0.5) is 15.9 Å². The van der Waals surface area contributed by atoms with Gasteiger partial charge in [0.1, 0.15) is 11.0 Å². The summed E-state index contributed by atoms with van der Waals surface area (Å²) >= 11 is 5.84. The van der Waals surface area contributed by atoms with Crippen LogP contribution in [0.2, 0.25) is 5.15 Å². The third-order valence-electron chi connectivity index (χ3n) is 2.54. The zero-order valence-electron chi connectivity index (χ0n) is 9.90. The Hall–Kier alpha value is -1.81. The monoisotopic (exact) mass is 265 g/mol. The number of benzene rings is 1. The largest absolute Gasteiger partial charge is 0.396 e. The first-order chi connectivity index (χ1) is 8.56. The van der Waals surface area contributed by atoms with Crippen molar-refractivity contribution in [3.8, 4) is 0 Å². The number of nitrogen functional groups attached to an aromatic ring is 1. The van der Waals surface area contributed by atoms with Crippen LogP contribution in [-0.2, 0) is 6.54 Å². The van der Waals surface area contributed by atoms with Crippen molar-refractivity contribution in [3.05, 3.63) is 52.9 Å². The normalized spacial score (nSPS) is 10.4. The molecular formula is C13H13ClFN3. The number of hydrogen-bond acceptors (Lipinski definition) is 3. The Morgan fingerprint density at radius 2 is 2.11 bits per heavy atom. The summed E-state index contributed by atoms with van der Waals surface area (Å²) in [6, 6.07) is 9.75. The Labute approximate surface area is 110 Å². The summed E-state index contributed by atoms with van der Waals surface area (Å²) in [6.07, 6.45) is 0. The second-order valence-corrected chi connectivity index (χ2v) is 4.42. The quantitative estimate of drug-likeness (QED) is 0.867. The van der Waals surface area contributed by atoms with E-state index in [0.717, 1.165) is 5.56 Å².